The molecule has 2 unspecified atom stereocenters. The number of ketones is 2. The second-order valence-electron chi connectivity index (χ2n) is 9.87. The zero-order valence-electron chi connectivity index (χ0n) is 20.9. The lowest BCUT2D eigenvalue weighted by Gasteiger charge is -2.51. The highest BCUT2D eigenvalue weighted by Crippen LogP contribution is 2.43. The fourth-order valence-corrected chi connectivity index (χ4v) is 5.78. The molecule has 2 fully saturated rings. The zero-order valence-corrected chi connectivity index (χ0v) is 20.9. The predicted molar refractivity (Wildman–Crippen MR) is 138 cm³/mol. The van der Waals surface area contributed by atoms with Gasteiger partial charge in [0.2, 0.25) is 0 Å². The minimum absolute atomic E-state index is 0.138. The molecule has 0 bridgehead atoms. The third-order valence-corrected chi connectivity index (χ3v) is 7.43. The highest BCUT2D eigenvalue weighted by molar-refractivity contribution is 6.50. The first-order chi connectivity index (χ1) is 18.2. The van der Waals surface area contributed by atoms with Gasteiger partial charge in [0, 0.05) is 17.0 Å². The van der Waals surface area contributed by atoms with E-state index < -0.39 is 7.25 Å². The van der Waals surface area contributed by atoms with Crippen LogP contribution < -0.4 is 0 Å². The molecule has 0 radical (unpaired) electrons. The number of nitrogens with zero attached hydrogens (tertiary/aromatic N) is 1. The fourth-order valence-electron chi connectivity index (χ4n) is 5.78. The van der Waals surface area contributed by atoms with E-state index in [9.17, 15) is 26.9 Å². The van der Waals surface area contributed by atoms with Crippen LogP contribution in [-0.2, 0) is 4.74 Å². The minimum Gasteiger partial charge on any atom is -0.418 e. The molecule has 0 saturated carbocycles. The van der Waals surface area contributed by atoms with Crippen molar-refractivity contribution < 1.29 is 36.1 Å². The third kappa shape index (κ3) is 6.96. The number of ether oxygens (including phenoxy) is 1. The van der Waals surface area contributed by atoms with E-state index in [4.69, 9.17) is 4.74 Å². The van der Waals surface area contributed by atoms with E-state index in [0.29, 0.717) is 13.2 Å². The Balaban J connectivity index is 0.000000617. The second-order valence-corrected chi connectivity index (χ2v) is 9.87. The molecule has 2 saturated heterocycles. The Morgan fingerprint density at radius 1 is 0.658 bits per heavy atom. The molecule has 2 atom stereocenters. The first-order valence-electron chi connectivity index (χ1n) is 12.7. The van der Waals surface area contributed by atoms with Gasteiger partial charge in [0.15, 0.2) is 11.6 Å². The summed E-state index contributed by atoms with van der Waals surface area (Å²) >= 11 is 0. The predicted octanol–water partition coefficient (Wildman–Crippen LogP) is 5.93. The highest BCUT2D eigenvalue weighted by atomic mass is 19.5. The first-order valence-corrected chi connectivity index (χ1v) is 12.7. The summed E-state index contributed by atoms with van der Waals surface area (Å²) in [5, 5.41) is 0. The lowest BCUT2D eigenvalue weighted by molar-refractivity contribution is -0.944. The lowest BCUT2D eigenvalue weighted by Crippen LogP contribution is -2.65. The topological polar surface area (TPSA) is 43.4 Å². The Hall–Kier alpha value is -3.30. The summed E-state index contributed by atoms with van der Waals surface area (Å²) in [4.78, 5) is 27.9. The van der Waals surface area contributed by atoms with Gasteiger partial charge in [-0.2, -0.15) is 0 Å². The number of halogens is 4. The minimum atomic E-state index is -6.00. The van der Waals surface area contributed by atoms with Gasteiger partial charge in [0.25, 0.3) is 0 Å². The van der Waals surface area contributed by atoms with Gasteiger partial charge in [-0.05, 0) is 5.56 Å². The van der Waals surface area contributed by atoms with E-state index in [1.807, 2.05) is 78.9 Å². The fraction of sp³-hybridized carbons (Fsp3) is 0.310. The SMILES string of the molecule is F[B-](F)(F)F.O=C(c1ccccc1)C1C[N+]2(CCOCC2)CC(C(=O)c2ccccc2)C1c1ccccc1. The summed E-state index contributed by atoms with van der Waals surface area (Å²) in [7, 11) is -6.00. The van der Waals surface area contributed by atoms with Crippen LogP contribution in [0.4, 0.5) is 17.3 Å². The van der Waals surface area contributed by atoms with Crippen LogP contribution in [0.2, 0.25) is 0 Å². The smallest absolute Gasteiger partial charge is 0.418 e. The molecule has 3 aromatic carbocycles. The zero-order chi connectivity index (χ0) is 27.2. The number of carbonyl (C=O) groups excluding carboxylic acids is 2. The maximum absolute atomic E-state index is 14.0. The van der Waals surface area contributed by atoms with Gasteiger partial charge >= 0.3 is 7.25 Å². The number of quaternary nitrogens is 1. The molecule has 200 valence electrons. The molecule has 0 aliphatic carbocycles. The monoisotopic (exact) mass is 527 g/mol. The van der Waals surface area contributed by atoms with E-state index in [-0.39, 0.29) is 29.3 Å². The van der Waals surface area contributed by atoms with Gasteiger partial charge in [0.1, 0.15) is 13.1 Å². The molecule has 38 heavy (non-hydrogen) atoms. The molecule has 2 aliphatic rings. The van der Waals surface area contributed by atoms with Gasteiger partial charge in [-0.1, -0.05) is 91.0 Å². The van der Waals surface area contributed by atoms with Gasteiger partial charge in [-0.15, -0.1) is 0 Å². The van der Waals surface area contributed by atoms with Crippen LogP contribution in [0.25, 0.3) is 0 Å². The van der Waals surface area contributed by atoms with Crippen molar-refractivity contribution >= 4 is 18.8 Å². The number of hydrogen-bond donors (Lipinski definition) is 0. The standard InChI is InChI=1S/C29H30NO3.BF4/c31-28(23-12-6-2-7-13-23)25-20-30(16-18-33-19-17-30)21-26(27(25)22-10-4-1-5-11-22)29(32)24-14-8-3-9-15-24;2-1(3,4)5/h1-15,25-27H,16-21H2;/q+1;-1. The van der Waals surface area contributed by atoms with Crippen LogP contribution in [0.15, 0.2) is 91.0 Å². The van der Waals surface area contributed by atoms with Crippen molar-refractivity contribution in [2.75, 3.05) is 39.4 Å². The van der Waals surface area contributed by atoms with Crippen LogP contribution >= 0.6 is 0 Å². The number of benzene rings is 3. The maximum Gasteiger partial charge on any atom is 0.673 e. The average molecular weight is 527 g/mol. The molecule has 2 heterocycles. The van der Waals surface area contributed by atoms with Gasteiger partial charge in [0.05, 0.1) is 38.1 Å². The summed E-state index contributed by atoms with van der Waals surface area (Å²) < 4.78 is 45.5. The molecule has 4 nitrogen and oxygen atoms in total. The Kier molecular flexibility index (Phi) is 8.79. The molecule has 1 spiro atoms. The molecular formula is C29H30BF4NO3. The summed E-state index contributed by atoms with van der Waals surface area (Å²) in [5.41, 5.74) is 2.53. The maximum atomic E-state index is 14.0. The van der Waals surface area contributed by atoms with Crippen LogP contribution in [0.3, 0.4) is 0 Å². The van der Waals surface area contributed by atoms with Crippen LogP contribution in [0.1, 0.15) is 32.2 Å². The van der Waals surface area contributed by atoms with Crippen molar-refractivity contribution in [3.8, 4) is 0 Å². The van der Waals surface area contributed by atoms with Crippen LogP contribution in [-0.4, -0.2) is 62.7 Å². The lowest BCUT2D eigenvalue weighted by atomic mass is 9.67. The van der Waals surface area contributed by atoms with E-state index in [2.05, 4.69) is 12.1 Å². The molecule has 0 N–H and O–H groups in total. The van der Waals surface area contributed by atoms with Gasteiger partial charge < -0.3 is 26.5 Å². The summed E-state index contributed by atoms with van der Waals surface area (Å²) in [6.45, 7) is 4.53. The first kappa shape index (κ1) is 27.7. The Morgan fingerprint density at radius 3 is 1.42 bits per heavy atom. The number of Topliss-reactive ketones (excluding diaryl/α,β-unsaturated/α-hetero) is 2. The van der Waals surface area contributed by atoms with Crippen molar-refractivity contribution in [2.24, 2.45) is 11.8 Å². The van der Waals surface area contributed by atoms with Crippen LogP contribution in [0.5, 0.6) is 0 Å². The van der Waals surface area contributed by atoms with E-state index in [0.717, 1.165) is 47.4 Å². The summed E-state index contributed by atoms with van der Waals surface area (Å²) in [6.07, 6.45) is 0. The molecule has 5 rings (SSSR count). The molecule has 3 aromatic rings. The van der Waals surface area contributed by atoms with Crippen molar-refractivity contribution in [1.29, 1.82) is 0 Å². The molecular weight excluding hydrogens is 497 g/mol. The molecule has 0 amide bonds. The molecule has 2 aliphatic heterocycles. The van der Waals surface area contributed by atoms with Crippen molar-refractivity contribution in [2.45, 2.75) is 5.92 Å². The van der Waals surface area contributed by atoms with Crippen molar-refractivity contribution in [3.05, 3.63) is 108 Å². The normalized spacial score (nSPS) is 22.7. The average Bonchev–Trinajstić information content (AvgIpc) is 2.93. The summed E-state index contributed by atoms with van der Waals surface area (Å²) in [6, 6.07) is 29.3. The van der Waals surface area contributed by atoms with E-state index in [1.54, 1.807) is 0 Å². The second kappa shape index (κ2) is 12.0. The largest absolute Gasteiger partial charge is 0.673 e. The Labute approximate surface area is 219 Å². The third-order valence-electron chi connectivity index (χ3n) is 7.43. The molecule has 0 aromatic heterocycles. The number of hydrogen-bond acceptors (Lipinski definition) is 3. The number of morpholine rings is 1. The van der Waals surface area contributed by atoms with Gasteiger partial charge in [-0.25, -0.2) is 0 Å². The number of rotatable bonds is 5. The Morgan fingerprint density at radius 2 is 1.03 bits per heavy atom. The van der Waals surface area contributed by atoms with E-state index in [1.165, 1.54) is 0 Å². The number of piperidine rings is 1. The Bertz CT molecular complexity index is 1130. The van der Waals surface area contributed by atoms with Crippen molar-refractivity contribution in [3.63, 3.8) is 0 Å². The van der Waals surface area contributed by atoms with Crippen LogP contribution in [0, 0.1) is 11.8 Å². The van der Waals surface area contributed by atoms with Gasteiger partial charge in [-0.3, -0.25) is 9.59 Å². The molecule has 9 heteroatoms. The van der Waals surface area contributed by atoms with Crippen molar-refractivity contribution in [1.82, 2.24) is 0 Å². The highest BCUT2D eigenvalue weighted by Gasteiger charge is 2.52. The summed E-state index contributed by atoms with van der Waals surface area (Å²) in [5.74, 6) is -0.408. The van der Waals surface area contributed by atoms with E-state index >= 15 is 0 Å². The quantitative estimate of drug-likeness (QED) is 0.179. The number of carbonyl (C=O) groups is 2.